The first kappa shape index (κ1) is 15.1. The van der Waals surface area contributed by atoms with Crippen LogP contribution in [0.4, 0.5) is 0 Å². The van der Waals surface area contributed by atoms with Crippen molar-refractivity contribution in [3.63, 3.8) is 0 Å². The van der Waals surface area contributed by atoms with E-state index in [1.165, 1.54) is 0 Å². The van der Waals surface area contributed by atoms with E-state index in [2.05, 4.69) is 25.7 Å². The summed E-state index contributed by atoms with van der Waals surface area (Å²) in [6.45, 7) is 5.96. The van der Waals surface area contributed by atoms with Gasteiger partial charge in [-0.2, -0.15) is 4.79 Å². The van der Waals surface area contributed by atoms with Crippen molar-refractivity contribution < 1.29 is 23.9 Å². The molecule has 0 spiro atoms. The van der Waals surface area contributed by atoms with Crippen LogP contribution in [0, 0.1) is 11.5 Å². The van der Waals surface area contributed by atoms with Crippen LogP contribution in [0.5, 0.6) is 0 Å². The van der Waals surface area contributed by atoms with Gasteiger partial charge in [0.15, 0.2) is 6.61 Å². The standard InChI is InChI=1S/C10H14N2O4Si/c1-15-9(13)8(12-11)10(14)16-6-5-7-17(2,3)4/h6H2,1-4H3. The van der Waals surface area contributed by atoms with Crippen molar-refractivity contribution in [2.24, 2.45) is 0 Å². The molecule has 0 rings (SSSR count). The lowest BCUT2D eigenvalue weighted by Crippen LogP contribution is -2.28. The summed E-state index contributed by atoms with van der Waals surface area (Å²) in [5.41, 5.74) is 10.6. The number of methoxy groups -OCH3 is 1. The summed E-state index contributed by atoms with van der Waals surface area (Å²) in [5.74, 6) is 0.547. The maximum absolute atomic E-state index is 11.2. The first-order valence-electron chi connectivity index (χ1n) is 4.79. The fourth-order valence-electron chi connectivity index (χ4n) is 0.733. The van der Waals surface area contributed by atoms with E-state index >= 15 is 0 Å². The molecular weight excluding hydrogens is 240 g/mol. The molecule has 0 atom stereocenters. The molecule has 0 fully saturated rings. The minimum absolute atomic E-state index is 0.154. The van der Waals surface area contributed by atoms with Crippen molar-refractivity contribution in [2.45, 2.75) is 19.6 Å². The van der Waals surface area contributed by atoms with E-state index in [9.17, 15) is 9.59 Å². The minimum Gasteiger partial charge on any atom is -0.460 e. The predicted molar refractivity (Wildman–Crippen MR) is 62.7 cm³/mol. The topological polar surface area (TPSA) is 89.0 Å². The molecular formula is C10H14N2O4Si. The van der Waals surface area contributed by atoms with Crippen molar-refractivity contribution in [3.8, 4) is 11.5 Å². The summed E-state index contributed by atoms with van der Waals surface area (Å²) in [6.07, 6.45) is 0. The van der Waals surface area contributed by atoms with Crippen LogP contribution in [-0.4, -0.2) is 44.2 Å². The zero-order valence-corrected chi connectivity index (χ0v) is 11.2. The summed E-state index contributed by atoms with van der Waals surface area (Å²) in [6, 6.07) is 0. The van der Waals surface area contributed by atoms with Gasteiger partial charge < -0.3 is 15.0 Å². The number of esters is 2. The molecule has 0 aromatic heterocycles. The van der Waals surface area contributed by atoms with Gasteiger partial charge in [-0.1, -0.05) is 25.6 Å². The minimum atomic E-state index is -1.52. The Kier molecular flexibility index (Phi) is 5.89. The second kappa shape index (κ2) is 6.63. The number of carbonyl (C=O) groups is 2. The third-order valence-electron chi connectivity index (χ3n) is 1.41. The number of ether oxygens (including phenoxy) is 2. The Bertz CT molecular complexity index is 422. The molecule has 0 aliphatic carbocycles. The Morgan fingerprint density at radius 2 is 1.88 bits per heavy atom. The van der Waals surface area contributed by atoms with Gasteiger partial charge in [-0.3, -0.25) is 0 Å². The summed E-state index contributed by atoms with van der Waals surface area (Å²) >= 11 is 0. The van der Waals surface area contributed by atoms with Crippen LogP contribution < -0.4 is 0 Å². The molecule has 0 N–H and O–H groups in total. The lowest BCUT2D eigenvalue weighted by atomic mass is 10.4. The van der Waals surface area contributed by atoms with Gasteiger partial charge in [-0.05, 0) is 0 Å². The Hall–Kier alpha value is -1.90. The third-order valence-corrected chi connectivity index (χ3v) is 2.34. The summed E-state index contributed by atoms with van der Waals surface area (Å²) in [4.78, 5) is 24.7. The van der Waals surface area contributed by atoms with Gasteiger partial charge in [0.25, 0.3) is 0 Å². The second-order valence-corrected chi connectivity index (χ2v) is 8.82. The highest BCUT2D eigenvalue weighted by Gasteiger charge is 2.32. The molecule has 6 nitrogen and oxygen atoms in total. The van der Waals surface area contributed by atoms with E-state index < -0.39 is 25.7 Å². The summed E-state index contributed by atoms with van der Waals surface area (Å²) < 4.78 is 8.86. The van der Waals surface area contributed by atoms with Crippen LogP contribution in [0.25, 0.3) is 5.53 Å². The van der Waals surface area contributed by atoms with Crippen LogP contribution in [0.1, 0.15) is 0 Å². The number of hydrogen-bond donors (Lipinski definition) is 0. The highest BCUT2D eigenvalue weighted by molar-refractivity contribution is 6.83. The molecule has 0 aromatic carbocycles. The fourth-order valence-corrected chi connectivity index (χ4v) is 1.34. The Morgan fingerprint density at radius 1 is 1.29 bits per heavy atom. The van der Waals surface area contributed by atoms with Gasteiger partial charge in [0.05, 0.1) is 7.11 Å². The summed E-state index contributed by atoms with van der Waals surface area (Å²) in [5, 5.41) is 0. The van der Waals surface area contributed by atoms with Gasteiger partial charge in [-0.25, -0.2) is 9.59 Å². The molecule has 0 unspecified atom stereocenters. The van der Waals surface area contributed by atoms with Crippen molar-refractivity contribution in [1.82, 2.24) is 0 Å². The van der Waals surface area contributed by atoms with Crippen molar-refractivity contribution in [3.05, 3.63) is 5.53 Å². The molecule has 0 aromatic rings. The van der Waals surface area contributed by atoms with Crippen LogP contribution in [0.2, 0.25) is 19.6 Å². The Balaban J connectivity index is 4.41. The molecule has 0 bridgehead atoms. The molecule has 0 aliphatic rings. The van der Waals surface area contributed by atoms with Crippen LogP contribution in [0.15, 0.2) is 0 Å². The largest absolute Gasteiger partial charge is 0.482 e. The van der Waals surface area contributed by atoms with Gasteiger partial charge in [-0.15, -0.1) is 5.54 Å². The van der Waals surface area contributed by atoms with Gasteiger partial charge in [0.1, 0.15) is 8.07 Å². The second-order valence-electron chi connectivity index (χ2n) is 4.07. The van der Waals surface area contributed by atoms with E-state index in [1.807, 2.05) is 19.6 Å². The first-order valence-corrected chi connectivity index (χ1v) is 8.29. The molecule has 0 saturated carbocycles. The zero-order chi connectivity index (χ0) is 13.5. The fraction of sp³-hybridized carbons (Fsp3) is 0.500. The van der Waals surface area contributed by atoms with E-state index in [-0.39, 0.29) is 6.61 Å². The monoisotopic (exact) mass is 254 g/mol. The molecule has 0 amide bonds. The smallest absolute Gasteiger partial charge is 0.460 e. The quantitative estimate of drug-likeness (QED) is 0.137. The highest BCUT2D eigenvalue weighted by Crippen LogP contribution is 1.96. The van der Waals surface area contributed by atoms with Crippen molar-refractivity contribution in [1.29, 1.82) is 0 Å². The molecule has 0 saturated heterocycles. The van der Waals surface area contributed by atoms with E-state index in [0.717, 1.165) is 7.11 Å². The third kappa shape index (κ3) is 6.30. The summed E-state index contributed by atoms with van der Waals surface area (Å²) in [7, 11) is -0.456. The Morgan fingerprint density at radius 3 is 2.29 bits per heavy atom. The lowest BCUT2D eigenvalue weighted by molar-refractivity contribution is -0.146. The van der Waals surface area contributed by atoms with Crippen LogP contribution in [0.3, 0.4) is 0 Å². The average Bonchev–Trinajstić information content (AvgIpc) is 2.23. The SMILES string of the molecule is COC(=O)C(=[N+]=[N-])C(=O)OCC#C[Si](C)(C)C. The molecule has 0 radical (unpaired) electrons. The Labute approximate surface area is 101 Å². The van der Waals surface area contributed by atoms with Crippen molar-refractivity contribution in [2.75, 3.05) is 13.7 Å². The van der Waals surface area contributed by atoms with E-state index in [4.69, 9.17) is 5.53 Å². The maximum atomic E-state index is 11.2. The highest BCUT2D eigenvalue weighted by atomic mass is 28.3. The number of rotatable bonds is 3. The van der Waals surface area contributed by atoms with Crippen molar-refractivity contribution >= 4 is 25.7 Å². The lowest BCUT2D eigenvalue weighted by Gasteiger charge is -2.03. The maximum Gasteiger partial charge on any atom is 0.482 e. The molecule has 0 aliphatic heterocycles. The number of nitrogens with zero attached hydrogens (tertiary/aromatic N) is 2. The molecule has 92 valence electrons. The first-order chi connectivity index (χ1) is 7.81. The van der Waals surface area contributed by atoms with Gasteiger partial charge >= 0.3 is 17.7 Å². The van der Waals surface area contributed by atoms with E-state index in [0.29, 0.717) is 0 Å². The molecule has 7 heteroatoms. The van der Waals surface area contributed by atoms with E-state index in [1.54, 1.807) is 0 Å². The van der Waals surface area contributed by atoms with Crippen LogP contribution in [-0.2, 0) is 19.1 Å². The normalized spacial score (nSPS) is 9.41. The van der Waals surface area contributed by atoms with Crippen LogP contribution >= 0.6 is 0 Å². The average molecular weight is 254 g/mol. The molecule has 0 heterocycles. The predicted octanol–water partition coefficient (Wildman–Crippen LogP) is 0.254. The number of carbonyl (C=O) groups excluding carboxylic acids is 2. The van der Waals surface area contributed by atoms with Gasteiger partial charge in [0, 0.05) is 0 Å². The molecule has 17 heavy (non-hydrogen) atoms. The van der Waals surface area contributed by atoms with Gasteiger partial charge in [0.2, 0.25) is 0 Å². The zero-order valence-electron chi connectivity index (χ0n) is 10.2. The number of hydrogen-bond acceptors (Lipinski definition) is 4.